The van der Waals surface area contributed by atoms with Crippen LogP contribution >= 0.6 is 0 Å². The summed E-state index contributed by atoms with van der Waals surface area (Å²) in [6.45, 7) is 2.29. The van der Waals surface area contributed by atoms with Gasteiger partial charge in [0.05, 0.1) is 0 Å². The lowest BCUT2D eigenvalue weighted by Gasteiger charge is -2.31. The molecule has 4 heteroatoms. The van der Waals surface area contributed by atoms with E-state index in [4.69, 9.17) is 0 Å². The van der Waals surface area contributed by atoms with E-state index in [-0.39, 0.29) is 10.8 Å². The Bertz CT molecular complexity index is 4310. The first-order valence-corrected chi connectivity index (χ1v) is 31.9. The van der Waals surface area contributed by atoms with Crippen LogP contribution in [0, 0.1) is 5.92 Å². The maximum absolute atomic E-state index is 2.54. The molecule has 0 aromatic heterocycles. The van der Waals surface area contributed by atoms with Crippen molar-refractivity contribution in [2.45, 2.75) is 88.4 Å². The van der Waals surface area contributed by atoms with Gasteiger partial charge < -0.3 is 19.6 Å². The molecule has 0 heterocycles. The van der Waals surface area contributed by atoms with E-state index in [2.05, 4.69) is 306 Å². The van der Waals surface area contributed by atoms with E-state index in [1.54, 1.807) is 0 Å². The van der Waals surface area contributed by atoms with Gasteiger partial charge in [-0.25, -0.2) is 0 Å². The zero-order valence-electron chi connectivity index (χ0n) is 49.7. The highest BCUT2D eigenvalue weighted by Gasteiger charge is 2.46. The molecule has 0 radical (unpaired) electrons. The fraction of sp³-hybridized carbons (Fsp3) is 0.181. The number of benzene rings is 10. The molecule has 0 saturated heterocycles. The van der Waals surface area contributed by atoms with Crippen LogP contribution < -0.4 is 19.6 Å². The van der Waals surface area contributed by atoms with Crippen molar-refractivity contribution in [2.24, 2.45) is 5.92 Å². The molecule has 6 aliphatic rings. The standard InChI is InChI=1S/C83H72N4/c1-59-29-35-65(36-30-59)85(64-23-9-4-10-24-64)69-43-47-71(48-44-69)87(73-50-52-77-75-26-12-14-28-79(75)83(81(77)58-73)55-17-18-56-83)67-39-33-61(34-40-67)60-31-37-66(38-32-60)86(72-49-51-76-74-25-11-13-27-78(74)82(80(76)57-72)53-15-16-54-82)70-45-41-68(42-46-70)84(62-19-5-2-6-20-62)63-21-7-3-8-22-63/h2-7,9-14,19-21,23-29,31-52,57-59H,8,15-18,22,30,53-56H2,1H3. The predicted molar refractivity (Wildman–Crippen MR) is 365 cm³/mol. The van der Waals surface area contributed by atoms with Gasteiger partial charge in [-0.05, 0) is 240 Å². The number of hydrogen-bond donors (Lipinski definition) is 0. The Morgan fingerprint density at radius 3 is 1.17 bits per heavy atom. The number of rotatable bonds is 13. The SMILES string of the molecule is CC1C=CC(N(c2ccccc2)c2ccc(N(c3ccc(-c4ccc(N(c5ccc(N(C6=CC=CCC6)c6ccccc6)cc5)c5ccc6c(c5)C5(CCCC5)c5ccccc5-6)cc4)cc3)c3ccc4c(c3)C3(CCCC3)c3ccccc3-4)cc2)=CC1. The number of anilines is 10. The molecule has 6 aliphatic carbocycles. The third-order valence-corrected chi connectivity index (χ3v) is 20.1. The van der Waals surface area contributed by atoms with E-state index >= 15 is 0 Å². The summed E-state index contributed by atoms with van der Waals surface area (Å²) in [5, 5.41) is 0. The van der Waals surface area contributed by atoms with Gasteiger partial charge in [-0.15, -0.1) is 0 Å². The van der Waals surface area contributed by atoms with Gasteiger partial charge >= 0.3 is 0 Å². The quantitative estimate of drug-likeness (QED) is 0.114. The second-order valence-electron chi connectivity index (χ2n) is 25.1. The summed E-state index contributed by atoms with van der Waals surface area (Å²) < 4.78 is 0. The van der Waals surface area contributed by atoms with E-state index in [1.807, 2.05) is 0 Å². The van der Waals surface area contributed by atoms with Crippen molar-refractivity contribution in [1.82, 2.24) is 0 Å². The summed E-state index contributed by atoms with van der Waals surface area (Å²) in [4.78, 5) is 9.78. The molecular formula is C83H72N4. The zero-order chi connectivity index (χ0) is 57.9. The minimum atomic E-state index is 0.0556. The Hall–Kier alpha value is -9.64. The fourth-order valence-electron chi connectivity index (χ4n) is 15.9. The van der Waals surface area contributed by atoms with Crippen molar-refractivity contribution in [3.63, 3.8) is 0 Å². The summed E-state index contributed by atoms with van der Waals surface area (Å²) in [6.07, 6.45) is 26.6. The molecule has 2 saturated carbocycles. The van der Waals surface area contributed by atoms with Crippen molar-refractivity contribution in [1.29, 1.82) is 0 Å². The lowest BCUT2D eigenvalue weighted by Crippen LogP contribution is -2.21. The third-order valence-electron chi connectivity index (χ3n) is 20.1. The van der Waals surface area contributed by atoms with E-state index in [1.165, 1.54) is 135 Å². The third kappa shape index (κ3) is 9.19. The van der Waals surface area contributed by atoms with Crippen molar-refractivity contribution >= 4 is 56.9 Å². The molecule has 2 fully saturated rings. The topological polar surface area (TPSA) is 13.0 Å². The van der Waals surface area contributed by atoms with Gasteiger partial charge in [0, 0.05) is 79.1 Å². The van der Waals surface area contributed by atoms with Gasteiger partial charge in [0.25, 0.3) is 0 Å². The molecule has 10 aromatic rings. The highest BCUT2D eigenvalue weighted by Crippen LogP contribution is 2.60. The normalized spacial score (nSPS) is 17.1. The van der Waals surface area contributed by atoms with Crippen LogP contribution in [0.2, 0.25) is 0 Å². The predicted octanol–water partition coefficient (Wildman–Crippen LogP) is 23.0. The molecule has 0 aliphatic heterocycles. The van der Waals surface area contributed by atoms with Gasteiger partial charge in [0.2, 0.25) is 0 Å². The van der Waals surface area contributed by atoms with E-state index in [0.29, 0.717) is 5.92 Å². The lowest BCUT2D eigenvalue weighted by atomic mass is 9.76. The smallest absolute Gasteiger partial charge is 0.0465 e. The molecule has 1 unspecified atom stereocenters. The number of fused-ring (bicyclic) bond motifs is 10. The van der Waals surface area contributed by atoms with Crippen LogP contribution in [0.25, 0.3) is 33.4 Å². The van der Waals surface area contributed by atoms with Crippen LogP contribution in [0.4, 0.5) is 56.9 Å². The summed E-state index contributed by atoms with van der Waals surface area (Å²) in [7, 11) is 0. The molecule has 16 rings (SSSR count). The van der Waals surface area contributed by atoms with Crippen molar-refractivity contribution < 1.29 is 0 Å². The zero-order valence-corrected chi connectivity index (χ0v) is 49.7. The second-order valence-corrected chi connectivity index (χ2v) is 25.1. The monoisotopic (exact) mass is 1120 g/mol. The van der Waals surface area contributed by atoms with E-state index in [9.17, 15) is 0 Å². The molecule has 0 amide bonds. The Morgan fingerprint density at radius 2 is 0.736 bits per heavy atom. The van der Waals surface area contributed by atoms with E-state index in [0.717, 1.165) is 59.1 Å². The largest absolute Gasteiger partial charge is 0.314 e. The molecule has 424 valence electrons. The van der Waals surface area contributed by atoms with Crippen molar-refractivity contribution in [2.75, 3.05) is 19.6 Å². The van der Waals surface area contributed by atoms with Gasteiger partial charge in [0.15, 0.2) is 0 Å². The Balaban J connectivity index is 0.765. The minimum Gasteiger partial charge on any atom is -0.314 e. The molecule has 0 bridgehead atoms. The number of para-hydroxylation sites is 2. The first-order chi connectivity index (χ1) is 43.0. The first kappa shape index (κ1) is 52.9. The Morgan fingerprint density at radius 1 is 0.356 bits per heavy atom. The average molecular weight is 1130 g/mol. The van der Waals surface area contributed by atoms with Gasteiger partial charge in [-0.2, -0.15) is 0 Å². The first-order valence-electron chi connectivity index (χ1n) is 31.9. The minimum absolute atomic E-state index is 0.0556. The molecule has 4 nitrogen and oxygen atoms in total. The summed E-state index contributed by atoms with van der Waals surface area (Å²) in [6, 6.07) is 91.7. The molecule has 0 N–H and O–H groups in total. The highest BCUT2D eigenvalue weighted by atomic mass is 15.2. The number of nitrogens with zero attached hydrogens (tertiary/aromatic N) is 4. The summed E-state index contributed by atoms with van der Waals surface area (Å²) >= 11 is 0. The van der Waals surface area contributed by atoms with Gasteiger partial charge in [-0.3, -0.25) is 0 Å². The van der Waals surface area contributed by atoms with Gasteiger partial charge in [-0.1, -0.05) is 178 Å². The maximum Gasteiger partial charge on any atom is 0.0465 e. The van der Waals surface area contributed by atoms with Crippen LogP contribution in [0.3, 0.4) is 0 Å². The maximum atomic E-state index is 2.54. The van der Waals surface area contributed by atoms with Crippen LogP contribution in [-0.2, 0) is 10.8 Å². The Labute approximate surface area is 514 Å². The Kier molecular flexibility index (Phi) is 13.4. The summed E-state index contributed by atoms with van der Waals surface area (Å²) in [5.74, 6) is 0.528. The van der Waals surface area contributed by atoms with Crippen LogP contribution in [-0.4, -0.2) is 0 Å². The lowest BCUT2D eigenvalue weighted by molar-refractivity contribution is 0.550. The molecule has 87 heavy (non-hydrogen) atoms. The van der Waals surface area contributed by atoms with Crippen LogP contribution in [0.1, 0.15) is 99.8 Å². The molecule has 10 aromatic carbocycles. The average Bonchev–Trinajstić information content (AvgIpc) is 1.63. The fourth-order valence-corrected chi connectivity index (χ4v) is 15.9. The molecule has 2 spiro atoms. The van der Waals surface area contributed by atoms with Crippen LogP contribution in [0.15, 0.2) is 291 Å². The van der Waals surface area contributed by atoms with E-state index < -0.39 is 0 Å². The number of hydrogen-bond acceptors (Lipinski definition) is 4. The van der Waals surface area contributed by atoms with Crippen molar-refractivity contribution in [3.8, 4) is 33.4 Å². The second kappa shape index (κ2) is 22.0. The molecule has 1 atom stereocenters. The molecular weight excluding hydrogens is 1050 g/mol. The number of allylic oxidation sites excluding steroid dienone is 7. The van der Waals surface area contributed by atoms with Crippen molar-refractivity contribution in [3.05, 3.63) is 313 Å². The summed E-state index contributed by atoms with van der Waals surface area (Å²) in [5.41, 5.74) is 28.1. The highest BCUT2D eigenvalue weighted by molar-refractivity contribution is 5.89. The van der Waals surface area contributed by atoms with Crippen LogP contribution in [0.5, 0.6) is 0 Å². The van der Waals surface area contributed by atoms with Gasteiger partial charge in [0.1, 0.15) is 0 Å².